The van der Waals surface area contributed by atoms with Gasteiger partial charge in [-0.15, -0.1) is 0 Å². The lowest BCUT2D eigenvalue weighted by Gasteiger charge is -2.25. The Balaban J connectivity index is 1.88. The molecular weight excluding hydrogens is 530 g/mol. The second-order valence-electron chi connectivity index (χ2n) is 8.51. The van der Waals surface area contributed by atoms with Gasteiger partial charge in [0, 0.05) is 21.2 Å². The summed E-state index contributed by atoms with van der Waals surface area (Å²) in [6.45, 7) is 0. The Morgan fingerprint density at radius 3 is 0.711 bits per heavy atom. The molecule has 0 fully saturated rings. The molecule has 0 amide bonds. The van der Waals surface area contributed by atoms with Gasteiger partial charge in [-0.3, -0.25) is 0 Å². The van der Waals surface area contributed by atoms with Crippen LogP contribution in [0, 0.1) is 23.3 Å². The van der Waals surface area contributed by atoms with Crippen LogP contribution in [0.15, 0.2) is 121 Å². The van der Waals surface area contributed by atoms with Crippen LogP contribution in [0.1, 0.15) is 0 Å². The molecule has 0 saturated carbocycles. The van der Waals surface area contributed by atoms with Gasteiger partial charge in [0.25, 0.3) is 0 Å². The summed E-state index contributed by atoms with van der Waals surface area (Å²) in [7, 11) is -8.88. The molecule has 0 bridgehead atoms. The van der Waals surface area contributed by atoms with Crippen molar-refractivity contribution >= 4 is 46.1 Å². The second kappa shape index (κ2) is 10.2. The van der Waals surface area contributed by atoms with Gasteiger partial charge in [0.05, 0.1) is 10.6 Å². The molecule has 190 valence electrons. The van der Waals surface area contributed by atoms with E-state index in [1.807, 2.05) is 0 Å². The molecule has 0 radical (unpaired) electrons. The fourth-order valence-corrected chi connectivity index (χ4v) is 10.0. The van der Waals surface area contributed by atoms with Gasteiger partial charge in [0.2, 0.25) is 0 Å². The van der Waals surface area contributed by atoms with Gasteiger partial charge in [-0.25, -0.2) is 17.6 Å². The standard InChI is InChI=1S/C30H20F4O2P2/c31-25-27(33)30(38(36,23-17-9-3-10-18-23)24-19-11-4-12-20-24)28(34)26(32)29(25)37(35,21-13-5-1-6-14-21)22-15-7-2-8-16-22/h1-20H. The summed E-state index contributed by atoms with van der Waals surface area (Å²) >= 11 is 0. The van der Waals surface area contributed by atoms with Crippen molar-refractivity contribution in [2.75, 3.05) is 0 Å². The lowest BCUT2D eigenvalue weighted by Crippen LogP contribution is -2.37. The quantitative estimate of drug-likeness (QED) is 0.159. The zero-order valence-corrected chi connectivity index (χ0v) is 21.6. The SMILES string of the molecule is O=P(c1ccccc1)(c1ccccc1)c1c(F)c(F)c(P(=O)(c2ccccc2)c2ccccc2)c(F)c1F. The van der Waals surface area contributed by atoms with E-state index in [0.29, 0.717) is 0 Å². The van der Waals surface area contributed by atoms with E-state index in [1.54, 1.807) is 24.3 Å². The summed E-state index contributed by atoms with van der Waals surface area (Å²) < 4.78 is 93.4. The molecule has 2 nitrogen and oxygen atoms in total. The molecule has 5 aromatic rings. The van der Waals surface area contributed by atoms with E-state index in [0.717, 1.165) is 0 Å². The maximum absolute atomic E-state index is 16.1. The number of hydrogen-bond acceptors (Lipinski definition) is 2. The minimum absolute atomic E-state index is 0.00940. The van der Waals surface area contributed by atoms with E-state index >= 15 is 17.6 Å². The maximum atomic E-state index is 16.1. The minimum Gasteiger partial charge on any atom is -0.308 e. The molecule has 8 heteroatoms. The Bertz CT molecular complexity index is 1450. The molecule has 0 atom stereocenters. The minimum atomic E-state index is -4.44. The summed E-state index contributed by atoms with van der Waals surface area (Å²) in [4.78, 5) is 0. The van der Waals surface area contributed by atoms with Crippen LogP contribution in [0.4, 0.5) is 17.6 Å². The first-order chi connectivity index (χ1) is 18.3. The Morgan fingerprint density at radius 2 is 0.526 bits per heavy atom. The largest absolute Gasteiger partial charge is 0.308 e. The highest BCUT2D eigenvalue weighted by molar-refractivity contribution is 7.86. The highest BCUT2D eigenvalue weighted by atomic mass is 31.2. The van der Waals surface area contributed by atoms with Crippen LogP contribution >= 0.6 is 14.3 Å². The van der Waals surface area contributed by atoms with Gasteiger partial charge < -0.3 is 9.13 Å². The molecule has 0 spiro atoms. The highest BCUT2D eigenvalue weighted by Crippen LogP contribution is 2.48. The van der Waals surface area contributed by atoms with E-state index < -0.39 is 48.2 Å². The zero-order chi connectivity index (χ0) is 26.9. The number of rotatable bonds is 6. The van der Waals surface area contributed by atoms with E-state index in [2.05, 4.69) is 0 Å². The Kier molecular flexibility index (Phi) is 6.96. The lowest BCUT2D eigenvalue weighted by molar-refractivity contribution is 0.470. The molecule has 0 N–H and O–H groups in total. The van der Waals surface area contributed by atoms with Crippen LogP contribution in [-0.2, 0) is 9.13 Å². The first-order valence-electron chi connectivity index (χ1n) is 11.6. The zero-order valence-electron chi connectivity index (χ0n) is 19.8. The van der Waals surface area contributed by atoms with E-state index in [-0.39, 0.29) is 21.2 Å². The van der Waals surface area contributed by atoms with Crippen LogP contribution in [-0.4, -0.2) is 0 Å². The molecule has 0 aliphatic rings. The normalized spacial score (nSPS) is 11.9. The third-order valence-electron chi connectivity index (χ3n) is 6.33. The van der Waals surface area contributed by atoms with Crippen molar-refractivity contribution in [3.05, 3.63) is 145 Å². The molecule has 5 rings (SSSR count). The summed E-state index contributed by atoms with van der Waals surface area (Å²) in [6.07, 6.45) is 0. The first kappa shape index (κ1) is 25.9. The third-order valence-corrected chi connectivity index (χ3v) is 12.5. The van der Waals surface area contributed by atoms with Gasteiger partial charge in [0.15, 0.2) is 37.6 Å². The summed E-state index contributed by atoms with van der Waals surface area (Å²) in [5.41, 5.74) is 0. The van der Waals surface area contributed by atoms with Crippen LogP contribution in [0.25, 0.3) is 0 Å². The summed E-state index contributed by atoms with van der Waals surface area (Å²) in [5, 5.41) is -2.51. The molecule has 5 aromatic carbocycles. The van der Waals surface area contributed by atoms with Crippen molar-refractivity contribution in [3.63, 3.8) is 0 Å². The third kappa shape index (κ3) is 4.05. The highest BCUT2D eigenvalue weighted by Gasteiger charge is 2.44. The van der Waals surface area contributed by atoms with Gasteiger partial charge in [-0.2, -0.15) is 0 Å². The number of halogens is 4. The van der Waals surface area contributed by atoms with Crippen molar-refractivity contribution < 1.29 is 26.7 Å². The Hall–Kier alpha value is -3.72. The van der Waals surface area contributed by atoms with Crippen LogP contribution in [0.5, 0.6) is 0 Å². The van der Waals surface area contributed by atoms with Crippen LogP contribution < -0.4 is 31.8 Å². The molecular formula is C30H20F4O2P2. The van der Waals surface area contributed by atoms with Gasteiger partial charge in [-0.1, -0.05) is 121 Å². The van der Waals surface area contributed by atoms with Gasteiger partial charge >= 0.3 is 0 Å². The molecule has 0 aromatic heterocycles. The van der Waals surface area contributed by atoms with Crippen molar-refractivity contribution in [2.45, 2.75) is 0 Å². The maximum Gasteiger partial charge on any atom is 0.177 e. The molecule has 0 heterocycles. The molecule has 0 unspecified atom stereocenters. The van der Waals surface area contributed by atoms with Crippen molar-refractivity contribution in [1.29, 1.82) is 0 Å². The molecule has 0 saturated heterocycles. The topological polar surface area (TPSA) is 34.1 Å². The average molecular weight is 550 g/mol. The second-order valence-corrected chi connectivity index (χ2v) is 13.9. The Labute approximate surface area is 217 Å². The van der Waals surface area contributed by atoms with Crippen molar-refractivity contribution in [2.24, 2.45) is 0 Å². The molecule has 0 aliphatic heterocycles. The molecule has 0 aliphatic carbocycles. The van der Waals surface area contributed by atoms with Gasteiger partial charge in [0.1, 0.15) is 0 Å². The fraction of sp³-hybridized carbons (Fsp3) is 0. The van der Waals surface area contributed by atoms with Crippen LogP contribution in [0.3, 0.4) is 0 Å². The average Bonchev–Trinajstić information content (AvgIpc) is 2.98. The van der Waals surface area contributed by atoms with Crippen molar-refractivity contribution in [1.82, 2.24) is 0 Å². The first-order valence-corrected chi connectivity index (χ1v) is 15.0. The van der Waals surface area contributed by atoms with Crippen molar-refractivity contribution in [3.8, 4) is 0 Å². The monoisotopic (exact) mass is 550 g/mol. The van der Waals surface area contributed by atoms with E-state index in [4.69, 9.17) is 0 Å². The van der Waals surface area contributed by atoms with Crippen LogP contribution in [0.2, 0.25) is 0 Å². The van der Waals surface area contributed by atoms with E-state index in [1.165, 1.54) is 97.1 Å². The predicted octanol–water partition coefficient (Wildman–Crippen LogP) is 5.52. The fourth-order valence-electron chi connectivity index (χ4n) is 4.53. The lowest BCUT2D eigenvalue weighted by atomic mass is 10.3. The summed E-state index contributed by atoms with van der Waals surface area (Å²) in [6, 6.07) is 29.7. The molecule has 38 heavy (non-hydrogen) atoms. The Morgan fingerprint density at radius 1 is 0.342 bits per heavy atom. The van der Waals surface area contributed by atoms with Gasteiger partial charge in [-0.05, 0) is 0 Å². The smallest absolute Gasteiger partial charge is 0.177 e. The number of benzene rings is 5. The van der Waals surface area contributed by atoms with E-state index in [9.17, 15) is 9.13 Å². The number of hydrogen-bond donors (Lipinski definition) is 0. The predicted molar refractivity (Wildman–Crippen MR) is 145 cm³/mol. The summed E-state index contributed by atoms with van der Waals surface area (Å²) in [5.74, 6) is -7.38.